The number of pyridine rings is 1. The van der Waals surface area contributed by atoms with Crippen LogP contribution in [0.1, 0.15) is 13.3 Å². The monoisotopic (exact) mass is 552 g/mol. The van der Waals surface area contributed by atoms with E-state index in [1.54, 1.807) is 6.20 Å². The molecule has 1 saturated heterocycles. The minimum atomic E-state index is 0. The highest BCUT2D eigenvalue weighted by atomic mass is 127. The summed E-state index contributed by atoms with van der Waals surface area (Å²) >= 11 is 0. The summed E-state index contributed by atoms with van der Waals surface area (Å²) in [4.78, 5) is 25.6. The highest BCUT2D eigenvalue weighted by Gasteiger charge is 2.21. The first-order valence-electron chi connectivity index (χ1n) is 10.9. The normalized spacial score (nSPS) is 13.8. The second kappa shape index (κ2) is 14.5. The van der Waals surface area contributed by atoms with Crippen LogP contribution in [0.5, 0.6) is 5.75 Å². The van der Waals surface area contributed by atoms with Gasteiger partial charge >= 0.3 is 0 Å². The second-order valence-corrected chi connectivity index (χ2v) is 7.15. The number of piperazine rings is 1. The predicted molar refractivity (Wildman–Crippen MR) is 139 cm³/mol. The van der Waals surface area contributed by atoms with Gasteiger partial charge in [-0.2, -0.15) is 0 Å². The Kier molecular flexibility index (Phi) is 11.6. The van der Waals surface area contributed by atoms with E-state index in [-0.39, 0.29) is 29.9 Å². The fraction of sp³-hybridized carbons (Fsp3) is 0.435. The molecule has 8 nitrogen and oxygen atoms in total. The summed E-state index contributed by atoms with van der Waals surface area (Å²) in [7, 11) is 0. The van der Waals surface area contributed by atoms with Crippen LogP contribution in [0.4, 0.5) is 5.82 Å². The number of hydrogen-bond acceptors (Lipinski definition) is 5. The number of rotatable bonds is 9. The lowest BCUT2D eigenvalue weighted by Gasteiger charge is -2.35. The van der Waals surface area contributed by atoms with Crippen LogP contribution in [0.2, 0.25) is 0 Å². The topological polar surface area (TPSA) is 82.1 Å². The van der Waals surface area contributed by atoms with Gasteiger partial charge in [0.1, 0.15) is 18.2 Å². The van der Waals surface area contributed by atoms with Crippen molar-refractivity contribution < 1.29 is 9.53 Å². The smallest absolute Gasteiger partial charge is 0.224 e. The highest BCUT2D eigenvalue weighted by Crippen LogP contribution is 2.13. The largest absolute Gasteiger partial charge is 0.492 e. The van der Waals surface area contributed by atoms with E-state index in [1.165, 1.54) is 0 Å². The first kappa shape index (κ1) is 25.7. The number of amides is 1. The molecule has 3 rings (SSSR count). The Morgan fingerprint density at radius 3 is 2.50 bits per heavy atom. The molecular weight excluding hydrogens is 519 g/mol. The quantitative estimate of drug-likeness (QED) is 0.215. The SMILES string of the molecule is CCNC(=NCCC(=O)N1CCN(c2ccccn2)CC1)NCCOc1ccccc1.I. The number of carbonyl (C=O) groups excluding carboxylic acids is 1. The van der Waals surface area contributed by atoms with E-state index in [0.717, 1.165) is 31.2 Å². The van der Waals surface area contributed by atoms with E-state index in [0.29, 0.717) is 45.2 Å². The van der Waals surface area contributed by atoms with E-state index in [9.17, 15) is 4.79 Å². The van der Waals surface area contributed by atoms with Crippen LogP contribution in [0.15, 0.2) is 59.7 Å². The summed E-state index contributed by atoms with van der Waals surface area (Å²) in [6, 6.07) is 15.6. The van der Waals surface area contributed by atoms with Crippen LogP contribution in [-0.4, -0.2) is 74.2 Å². The number of halogens is 1. The number of nitrogens with one attached hydrogen (secondary N) is 2. The van der Waals surface area contributed by atoms with Gasteiger partial charge in [0, 0.05) is 45.3 Å². The molecule has 0 unspecified atom stereocenters. The molecule has 1 amide bonds. The van der Waals surface area contributed by atoms with Crippen LogP contribution in [0.3, 0.4) is 0 Å². The lowest BCUT2D eigenvalue weighted by atomic mass is 10.2. The van der Waals surface area contributed by atoms with Gasteiger partial charge in [-0.05, 0) is 31.2 Å². The zero-order chi connectivity index (χ0) is 21.7. The molecule has 32 heavy (non-hydrogen) atoms. The Balaban J connectivity index is 0.00000363. The highest BCUT2D eigenvalue weighted by molar-refractivity contribution is 14.0. The van der Waals surface area contributed by atoms with Crippen molar-refractivity contribution in [2.24, 2.45) is 4.99 Å². The number of para-hydroxylation sites is 1. The first-order valence-corrected chi connectivity index (χ1v) is 10.9. The maximum atomic E-state index is 12.6. The van der Waals surface area contributed by atoms with Crippen molar-refractivity contribution in [2.45, 2.75) is 13.3 Å². The molecule has 1 aromatic carbocycles. The van der Waals surface area contributed by atoms with Gasteiger partial charge in [-0.15, -0.1) is 24.0 Å². The maximum absolute atomic E-state index is 12.6. The molecule has 1 aromatic heterocycles. The Hall–Kier alpha value is -2.56. The lowest BCUT2D eigenvalue weighted by molar-refractivity contribution is -0.131. The van der Waals surface area contributed by atoms with Gasteiger partial charge in [0.25, 0.3) is 0 Å². The van der Waals surface area contributed by atoms with Gasteiger partial charge in [0.05, 0.1) is 13.1 Å². The average molecular weight is 552 g/mol. The van der Waals surface area contributed by atoms with Crippen molar-refractivity contribution in [1.82, 2.24) is 20.5 Å². The Labute approximate surface area is 207 Å². The van der Waals surface area contributed by atoms with Crippen molar-refractivity contribution in [3.63, 3.8) is 0 Å². The number of aliphatic imine (C=N–C) groups is 1. The molecule has 1 aliphatic heterocycles. The van der Waals surface area contributed by atoms with Crippen molar-refractivity contribution in [3.8, 4) is 5.75 Å². The molecule has 174 valence electrons. The fourth-order valence-electron chi connectivity index (χ4n) is 3.34. The Morgan fingerprint density at radius 2 is 1.81 bits per heavy atom. The number of carbonyl (C=O) groups is 1. The number of hydrogen-bond donors (Lipinski definition) is 2. The van der Waals surface area contributed by atoms with Crippen molar-refractivity contribution in [1.29, 1.82) is 0 Å². The molecule has 9 heteroatoms. The van der Waals surface area contributed by atoms with Crippen LogP contribution in [0.25, 0.3) is 0 Å². The van der Waals surface area contributed by atoms with Crippen LogP contribution < -0.4 is 20.3 Å². The third kappa shape index (κ3) is 8.52. The molecule has 2 aromatic rings. The molecule has 1 fully saturated rings. The van der Waals surface area contributed by atoms with Gasteiger partial charge < -0.3 is 25.2 Å². The third-order valence-electron chi connectivity index (χ3n) is 4.95. The number of guanidine groups is 1. The maximum Gasteiger partial charge on any atom is 0.224 e. The first-order chi connectivity index (χ1) is 15.3. The summed E-state index contributed by atoms with van der Waals surface area (Å²) in [5.74, 6) is 2.66. The van der Waals surface area contributed by atoms with Crippen LogP contribution in [-0.2, 0) is 4.79 Å². The minimum absolute atomic E-state index is 0. The molecule has 0 spiro atoms. The van der Waals surface area contributed by atoms with Crippen molar-refractivity contribution in [2.75, 3.05) is 57.3 Å². The van der Waals surface area contributed by atoms with Gasteiger partial charge in [0.15, 0.2) is 5.96 Å². The van der Waals surface area contributed by atoms with E-state index in [1.807, 2.05) is 60.4 Å². The summed E-state index contributed by atoms with van der Waals surface area (Å²) < 4.78 is 5.68. The average Bonchev–Trinajstić information content (AvgIpc) is 2.83. The molecule has 0 aliphatic carbocycles. The van der Waals surface area contributed by atoms with Crippen LogP contribution >= 0.6 is 24.0 Å². The molecule has 0 bridgehead atoms. The summed E-state index contributed by atoms with van der Waals surface area (Å²) in [5.41, 5.74) is 0. The summed E-state index contributed by atoms with van der Waals surface area (Å²) in [6.45, 7) is 7.43. The van der Waals surface area contributed by atoms with Crippen LogP contribution in [0, 0.1) is 0 Å². The fourth-order valence-corrected chi connectivity index (χ4v) is 3.34. The number of nitrogens with zero attached hydrogens (tertiary/aromatic N) is 4. The van der Waals surface area contributed by atoms with E-state index >= 15 is 0 Å². The number of ether oxygens (including phenoxy) is 1. The Morgan fingerprint density at radius 1 is 1.06 bits per heavy atom. The lowest BCUT2D eigenvalue weighted by Crippen LogP contribution is -2.49. The predicted octanol–water partition coefficient (Wildman–Crippen LogP) is 2.37. The van der Waals surface area contributed by atoms with Gasteiger partial charge in [-0.1, -0.05) is 24.3 Å². The number of anilines is 1. The summed E-state index contributed by atoms with van der Waals surface area (Å²) in [6.07, 6.45) is 2.20. The van der Waals surface area contributed by atoms with Gasteiger partial charge in [-0.25, -0.2) is 4.98 Å². The van der Waals surface area contributed by atoms with Gasteiger partial charge in [0.2, 0.25) is 5.91 Å². The number of aromatic nitrogens is 1. The minimum Gasteiger partial charge on any atom is -0.492 e. The zero-order valence-electron chi connectivity index (χ0n) is 18.6. The summed E-state index contributed by atoms with van der Waals surface area (Å²) in [5, 5.41) is 6.45. The second-order valence-electron chi connectivity index (χ2n) is 7.15. The molecular formula is C23H33IN6O2. The van der Waals surface area contributed by atoms with Crippen molar-refractivity contribution >= 4 is 41.7 Å². The molecule has 0 saturated carbocycles. The molecule has 2 heterocycles. The van der Waals surface area contributed by atoms with Crippen molar-refractivity contribution in [3.05, 3.63) is 54.7 Å². The zero-order valence-corrected chi connectivity index (χ0v) is 20.9. The number of benzene rings is 1. The molecule has 0 radical (unpaired) electrons. The van der Waals surface area contributed by atoms with Gasteiger partial charge in [-0.3, -0.25) is 9.79 Å². The molecule has 0 atom stereocenters. The van der Waals surface area contributed by atoms with E-state index in [4.69, 9.17) is 4.74 Å². The van der Waals surface area contributed by atoms with E-state index < -0.39 is 0 Å². The molecule has 2 N–H and O–H groups in total. The standard InChI is InChI=1S/C23H32N6O2.HI/c1-2-24-23(27-14-19-31-20-8-4-3-5-9-20)26-13-11-22(30)29-17-15-28(16-18-29)21-10-6-7-12-25-21;/h3-10,12H,2,11,13-19H2,1H3,(H2,24,26,27);1H. The van der Waals surface area contributed by atoms with E-state index in [2.05, 4.69) is 25.5 Å². The third-order valence-corrected chi connectivity index (χ3v) is 4.95. The molecule has 1 aliphatic rings. The Bertz CT molecular complexity index is 814.